The molecule has 486 valence electrons. The second-order valence-corrected chi connectivity index (χ2v) is 26.8. The quantitative estimate of drug-likeness (QED) is 0.115. The van der Waals surface area contributed by atoms with Gasteiger partial charge in [-0.15, -0.1) is 0 Å². The number of hydrogen-bond donors (Lipinski definition) is 0. The number of benzene rings is 16. The third-order valence-corrected chi connectivity index (χ3v) is 20.7. The molecule has 0 unspecified atom stereocenters. The lowest BCUT2D eigenvalue weighted by Gasteiger charge is -2.28. The summed E-state index contributed by atoms with van der Waals surface area (Å²) in [6.45, 7) is 0. The zero-order valence-electron chi connectivity index (χ0n) is 56.4. The Morgan fingerprint density at radius 1 is 0.212 bits per heavy atom. The van der Waals surface area contributed by atoms with E-state index in [2.05, 4.69) is 368 Å². The minimum absolute atomic E-state index is 0.794. The molecule has 6 nitrogen and oxygen atoms in total. The van der Waals surface area contributed by atoms with Crippen LogP contribution in [0.15, 0.2) is 385 Å². The highest BCUT2D eigenvalue weighted by Crippen LogP contribution is 2.50. The van der Waals surface area contributed by atoms with E-state index in [4.69, 9.17) is 18.8 Å². The van der Waals surface area contributed by atoms with Crippen LogP contribution in [0.4, 0.5) is 34.1 Å². The van der Waals surface area contributed by atoms with Crippen molar-refractivity contribution in [3.8, 4) is 77.9 Å². The average molecular weight is 1330 g/mol. The van der Waals surface area contributed by atoms with Gasteiger partial charge in [0.1, 0.15) is 22.3 Å². The van der Waals surface area contributed by atoms with Gasteiger partial charge in [0, 0.05) is 62.4 Å². The summed E-state index contributed by atoms with van der Waals surface area (Å²) in [6.07, 6.45) is 3.76. The Morgan fingerprint density at radius 2 is 0.712 bits per heavy atom. The lowest BCUT2D eigenvalue weighted by molar-refractivity contribution is 0.672. The molecule has 0 bridgehead atoms. The maximum absolute atomic E-state index is 7.16. The zero-order valence-corrected chi connectivity index (χ0v) is 56.4. The number of rotatable bonds is 13. The molecule has 0 saturated heterocycles. The predicted octanol–water partition coefficient (Wildman–Crippen LogP) is 27.5. The molecule has 0 radical (unpaired) electrons. The van der Waals surface area contributed by atoms with E-state index in [-0.39, 0.29) is 0 Å². The Balaban J connectivity index is 0.727. The number of furan rings is 2. The van der Waals surface area contributed by atoms with Gasteiger partial charge in [-0.05, 0) is 239 Å². The van der Waals surface area contributed by atoms with Crippen LogP contribution in [0.5, 0.6) is 0 Å². The van der Waals surface area contributed by atoms with Gasteiger partial charge in [0.15, 0.2) is 0 Å². The van der Waals surface area contributed by atoms with Crippen molar-refractivity contribution < 1.29 is 8.83 Å². The fourth-order valence-corrected chi connectivity index (χ4v) is 15.7. The lowest BCUT2D eigenvalue weighted by atomic mass is 9.91. The van der Waals surface area contributed by atoms with Crippen molar-refractivity contribution in [2.24, 2.45) is 0 Å². The maximum atomic E-state index is 7.16. The van der Waals surface area contributed by atoms with Crippen LogP contribution in [-0.2, 0) is 0 Å². The number of nitrogens with zero attached hydrogens (tertiary/aromatic N) is 4. The van der Waals surface area contributed by atoms with Gasteiger partial charge in [-0.2, -0.15) is 0 Å². The number of aromatic nitrogens is 2. The summed E-state index contributed by atoms with van der Waals surface area (Å²) < 4.78 is 14.0. The Bertz CT molecular complexity index is 6740. The van der Waals surface area contributed by atoms with E-state index in [1.54, 1.807) is 0 Å². The first-order valence-corrected chi connectivity index (χ1v) is 35.3. The van der Waals surface area contributed by atoms with Gasteiger partial charge in [0.05, 0.1) is 27.5 Å². The van der Waals surface area contributed by atoms with Crippen LogP contribution in [-0.4, -0.2) is 9.97 Å². The maximum Gasteiger partial charge on any atom is 0.145 e. The predicted molar refractivity (Wildman–Crippen MR) is 434 cm³/mol. The van der Waals surface area contributed by atoms with Gasteiger partial charge in [-0.3, -0.25) is 9.97 Å². The summed E-state index contributed by atoms with van der Waals surface area (Å²) in [5, 5.41) is 10.7. The van der Waals surface area contributed by atoms with E-state index in [9.17, 15) is 0 Å². The molecule has 4 aromatic heterocycles. The van der Waals surface area contributed by atoms with Crippen LogP contribution in [0.1, 0.15) is 0 Å². The molecule has 20 aromatic rings. The van der Waals surface area contributed by atoms with E-state index < -0.39 is 0 Å². The highest BCUT2D eigenvalue weighted by atomic mass is 16.3. The first-order chi connectivity index (χ1) is 51.5. The molecular weight excluding hydrogens is 1270 g/mol. The van der Waals surface area contributed by atoms with Crippen LogP contribution >= 0.6 is 0 Å². The van der Waals surface area contributed by atoms with Crippen molar-refractivity contribution in [3.05, 3.63) is 376 Å². The lowest BCUT2D eigenvalue weighted by Crippen LogP contribution is -2.11. The van der Waals surface area contributed by atoms with Crippen molar-refractivity contribution in [1.29, 1.82) is 0 Å². The van der Waals surface area contributed by atoms with Crippen molar-refractivity contribution >= 4 is 121 Å². The second kappa shape index (κ2) is 25.0. The highest BCUT2D eigenvalue weighted by molar-refractivity contribution is 6.21. The normalized spacial score (nSPS) is 11.7. The monoisotopic (exact) mass is 1330 g/mol. The van der Waals surface area contributed by atoms with Crippen molar-refractivity contribution in [2.45, 2.75) is 0 Å². The third kappa shape index (κ3) is 10.5. The molecule has 0 aliphatic heterocycles. The first kappa shape index (κ1) is 60.1. The minimum Gasteiger partial charge on any atom is -0.455 e. The molecule has 6 heteroatoms. The molecule has 0 atom stereocenters. The zero-order chi connectivity index (χ0) is 68.6. The van der Waals surface area contributed by atoms with Crippen LogP contribution in [0.25, 0.3) is 165 Å². The summed E-state index contributed by atoms with van der Waals surface area (Å²) in [4.78, 5) is 14.5. The Labute approximate surface area is 600 Å². The minimum atomic E-state index is 0.794. The topological polar surface area (TPSA) is 58.5 Å². The molecule has 104 heavy (non-hydrogen) atoms. The SMILES string of the molecule is c1ccc(-c2cccc(N(c3ccc(-c4ccccc4)c(-c4ccc5ccccc5c4)c3)c3ccc4oc5c(ccc6nccc(-c7ccc8ccc(-c9cc(N(c%10cccc(-c%11ccccc%11)c%10)c%10cccc%11oc%12c%13cccnc%13ccc%12c%10%11)ccc9-c9ccccc9)cc8c7)c65)c4c3)c2)cc1. The molecule has 0 saturated carbocycles. The molecule has 0 fully saturated rings. The smallest absolute Gasteiger partial charge is 0.145 e. The molecule has 16 aromatic carbocycles. The summed E-state index contributed by atoms with van der Waals surface area (Å²) in [5.74, 6) is 0. The Hall–Kier alpha value is -13.9. The summed E-state index contributed by atoms with van der Waals surface area (Å²) >= 11 is 0. The van der Waals surface area contributed by atoms with Crippen molar-refractivity contribution in [2.75, 3.05) is 9.80 Å². The molecule has 0 aliphatic rings. The van der Waals surface area contributed by atoms with Gasteiger partial charge in [-0.25, -0.2) is 0 Å². The fraction of sp³-hybridized carbons (Fsp3) is 0. The summed E-state index contributed by atoms with van der Waals surface area (Å²) in [6, 6.07) is 131. The van der Waals surface area contributed by atoms with Crippen LogP contribution in [0.3, 0.4) is 0 Å². The Morgan fingerprint density at radius 3 is 1.38 bits per heavy atom. The van der Waals surface area contributed by atoms with E-state index in [0.29, 0.717) is 0 Å². The molecular formula is C98H62N4O2. The van der Waals surface area contributed by atoms with Gasteiger partial charge in [0.25, 0.3) is 0 Å². The number of anilines is 6. The van der Waals surface area contributed by atoms with Gasteiger partial charge >= 0.3 is 0 Å². The van der Waals surface area contributed by atoms with E-state index >= 15 is 0 Å². The van der Waals surface area contributed by atoms with Crippen LogP contribution in [0, 0.1) is 0 Å². The number of hydrogen-bond acceptors (Lipinski definition) is 6. The van der Waals surface area contributed by atoms with E-state index in [1.165, 1.54) is 10.8 Å². The van der Waals surface area contributed by atoms with E-state index in [0.717, 1.165) is 188 Å². The van der Waals surface area contributed by atoms with Gasteiger partial charge in [0.2, 0.25) is 0 Å². The van der Waals surface area contributed by atoms with Crippen molar-refractivity contribution in [1.82, 2.24) is 9.97 Å². The number of fused-ring (bicyclic) bond motifs is 12. The molecule has 0 amide bonds. The molecule has 0 N–H and O–H groups in total. The highest BCUT2D eigenvalue weighted by Gasteiger charge is 2.25. The fourth-order valence-electron chi connectivity index (χ4n) is 15.7. The average Bonchev–Trinajstić information content (AvgIpc) is 1.53. The van der Waals surface area contributed by atoms with E-state index in [1.807, 2.05) is 18.5 Å². The second-order valence-electron chi connectivity index (χ2n) is 26.8. The van der Waals surface area contributed by atoms with Crippen LogP contribution < -0.4 is 9.80 Å². The van der Waals surface area contributed by atoms with Gasteiger partial charge < -0.3 is 18.6 Å². The number of pyridine rings is 2. The largest absolute Gasteiger partial charge is 0.455 e. The molecule has 4 heterocycles. The van der Waals surface area contributed by atoms with Crippen molar-refractivity contribution in [3.63, 3.8) is 0 Å². The van der Waals surface area contributed by atoms with Gasteiger partial charge in [-0.1, -0.05) is 224 Å². The molecule has 0 spiro atoms. The molecule has 0 aliphatic carbocycles. The van der Waals surface area contributed by atoms with Crippen LogP contribution in [0.2, 0.25) is 0 Å². The summed E-state index contributed by atoms with van der Waals surface area (Å²) in [5.41, 5.74) is 26.8. The standard InChI is InChI=1S/C98H62N4O2/c1-5-19-63(20-6-1)70-29-15-31-76(58-70)101(78-42-45-81(67-24-9-3-10-25-67)87(60-78)73-40-36-65-23-13-14-28-69(65)55-73)79-44-51-93-89(62-79)84-47-50-91-95(98(84)103-93)83(52-54-100-91)72-39-37-66-38-41-74(57-75(66)56-72)88-61-80(43-46-82(88)68-26-11-4-12-27-68)102(77-32-16-30-71(59-77)64-21-7-2-8-22-64)92-34-17-35-94-96(92)86-48-49-90-85(97(86)104-94)33-18-53-99-90/h1-62H. The first-order valence-electron chi connectivity index (χ1n) is 35.3. The third-order valence-electron chi connectivity index (χ3n) is 20.7. The molecule has 20 rings (SSSR count). The summed E-state index contributed by atoms with van der Waals surface area (Å²) in [7, 11) is 0. The Kier molecular flexibility index (Phi) is 14.5.